The van der Waals surface area contributed by atoms with Crippen LogP contribution in [-0.4, -0.2) is 41.9 Å². The van der Waals surface area contributed by atoms with Gasteiger partial charge in [0.15, 0.2) is 0 Å². The van der Waals surface area contributed by atoms with Crippen molar-refractivity contribution >= 4 is 21.7 Å². The summed E-state index contributed by atoms with van der Waals surface area (Å²) in [5.41, 5.74) is 0.482. The Morgan fingerprint density at radius 3 is 2.56 bits per heavy atom. The van der Waals surface area contributed by atoms with Crippen LogP contribution in [0.1, 0.15) is 12.5 Å². The van der Waals surface area contributed by atoms with Crippen molar-refractivity contribution in [2.75, 3.05) is 26.8 Å². The molecule has 1 heterocycles. The van der Waals surface area contributed by atoms with Gasteiger partial charge in [-0.2, -0.15) is 0 Å². The molecule has 5 nitrogen and oxygen atoms in total. The Balaban J connectivity index is 2.06. The lowest BCUT2D eigenvalue weighted by molar-refractivity contribution is 0.0402. The SMILES string of the molecule is CN(Cc1cc(=O)oc2ccc3ccccc3c12)CC(C)(CO)CO. The quantitative estimate of drug-likeness (QED) is 0.532. The molecule has 0 aliphatic carbocycles. The zero-order valence-electron chi connectivity index (χ0n) is 14.5. The van der Waals surface area contributed by atoms with Crippen molar-refractivity contribution in [3.63, 3.8) is 0 Å². The maximum Gasteiger partial charge on any atom is 0.336 e. The highest BCUT2D eigenvalue weighted by Crippen LogP contribution is 2.28. The van der Waals surface area contributed by atoms with Crippen LogP contribution in [0, 0.1) is 5.41 Å². The normalized spacial score (nSPS) is 12.4. The zero-order chi connectivity index (χ0) is 18.0. The van der Waals surface area contributed by atoms with Gasteiger partial charge in [-0.15, -0.1) is 0 Å². The molecule has 0 atom stereocenters. The Bertz CT molecular complexity index is 943. The lowest BCUT2D eigenvalue weighted by atomic mass is 9.92. The van der Waals surface area contributed by atoms with Gasteiger partial charge in [-0.25, -0.2) is 4.79 Å². The van der Waals surface area contributed by atoms with Gasteiger partial charge in [-0.1, -0.05) is 37.3 Å². The van der Waals surface area contributed by atoms with Crippen LogP contribution in [0.3, 0.4) is 0 Å². The van der Waals surface area contributed by atoms with Crippen molar-refractivity contribution in [2.45, 2.75) is 13.5 Å². The van der Waals surface area contributed by atoms with E-state index in [0.29, 0.717) is 18.7 Å². The van der Waals surface area contributed by atoms with Crippen LogP contribution >= 0.6 is 0 Å². The van der Waals surface area contributed by atoms with E-state index in [2.05, 4.69) is 0 Å². The first-order valence-corrected chi connectivity index (χ1v) is 8.30. The minimum atomic E-state index is -0.591. The van der Waals surface area contributed by atoms with Crippen LogP contribution in [0.25, 0.3) is 21.7 Å². The molecule has 0 aliphatic heterocycles. The van der Waals surface area contributed by atoms with Crippen molar-refractivity contribution in [3.05, 3.63) is 58.4 Å². The molecule has 3 aromatic rings. The van der Waals surface area contributed by atoms with Crippen molar-refractivity contribution in [3.8, 4) is 0 Å². The second-order valence-corrected chi connectivity index (χ2v) is 7.05. The van der Waals surface area contributed by atoms with Crippen molar-refractivity contribution in [1.29, 1.82) is 0 Å². The fourth-order valence-electron chi connectivity index (χ4n) is 3.29. The molecule has 132 valence electrons. The molecule has 2 N–H and O–H groups in total. The fraction of sp³-hybridized carbons (Fsp3) is 0.350. The van der Waals surface area contributed by atoms with E-state index < -0.39 is 5.41 Å². The molecule has 2 aromatic carbocycles. The molecule has 0 bridgehead atoms. The third-order valence-electron chi connectivity index (χ3n) is 4.57. The van der Waals surface area contributed by atoms with Crippen LogP contribution in [0.5, 0.6) is 0 Å². The van der Waals surface area contributed by atoms with Gasteiger partial charge in [0, 0.05) is 30.0 Å². The smallest absolute Gasteiger partial charge is 0.336 e. The highest BCUT2D eigenvalue weighted by Gasteiger charge is 2.24. The van der Waals surface area contributed by atoms with Gasteiger partial charge < -0.3 is 19.5 Å². The van der Waals surface area contributed by atoms with Crippen molar-refractivity contribution < 1.29 is 14.6 Å². The minimum Gasteiger partial charge on any atom is -0.423 e. The average molecular weight is 341 g/mol. The molecule has 0 fully saturated rings. The molecule has 0 spiro atoms. The van der Waals surface area contributed by atoms with Gasteiger partial charge in [0.25, 0.3) is 0 Å². The summed E-state index contributed by atoms with van der Waals surface area (Å²) >= 11 is 0. The molecule has 0 amide bonds. The predicted molar refractivity (Wildman–Crippen MR) is 98.6 cm³/mol. The van der Waals surface area contributed by atoms with Gasteiger partial charge in [0.1, 0.15) is 5.58 Å². The number of benzene rings is 2. The standard InChI is InChI=1S/C20H23NO4/c1-20(12-22,13-23)11-21(2)10-15-9-18(24)25-17-8-7-14-5-3-4-6-16(14)19(15)17/h3-9,22-23H,10-13H2,1-2H3. The van der Waals surface area contributed by atoms with Gasteiger partial charge in [-0.05, 0) is 29.4 Å². The van der Waals surface area contributed by atoms with Crippen LogP contribution in [0.15, 0.2) is 51.7 Å². The second-order valence-electron chi connectivity index (χ2n) is 7.05. The number of hydrogen-bond donors (Lipinski definition) is 2. The molecule has 25 heavy (non-hydrogen) atoms. The van der Waals surface area contributed by atoms with E-state index >= 15 is 0 Å². The summed E-state index contributed by atoms with van der Waals surface area (Å²) in [5.74, 6) is 0. The largest absolute Gasteiger partial charge is 0.423 e. The summed E-state index contributed by atoms with van der Waals surface area (Å²) in [6, 6.07) is 13.3. The molecule has 1 aromatic heterocycles. The summed E-state index contributed by atoms with van der Waals surface area (Å²) in [5, 5.41) is 22.1. The maximum atomic E-state index is 12.0. The Morgan fingerprint density at radius 2 is 1.84 bits per heavy atom. The summed E-state index contributed by atoms with van der Waals surface area (Å²) in [6.07, 6.45) is 0. The molecular weight excluding hydrogens is 318 g/mol. The Morgan fingerprint density at radius 1 is 1.12 bits per heavy atom. The Kier molecular flexibility index (Phi) is 4.90. The highest BCUT2D eigenvalue weighted by molar-refractivity contribution is 6.07. The van der Waals surface area contributed by atoms with E-state index in [1.54, 1.807) is 0 Å². The van der Waals surface area contributed by atoms with Crippen LogP contribution < -0.4 is 5.63 Å². The molecule has 0 saturated heterocycles. The summed E-state index contributed by atoms with van der Waals surface area (Å²) in [7, 11) is 1.91. The lowest BCUT2D eigenvalue weighted by Crippen LogP contribution is -2.38. The van der Waals surface area contributed by atoms with E-state index in [-0.39, 0.29) is 18.8 Å². The first kappa shape index (κ1) is 17.6. The van der Waals surface area contributed by atoms with Gasteiger partial charge >= 0.3 is 5.63 Å². The van der Waals surface area contributed by atoms with E-state index in [1.807, 2.05) is 55.3 Å². The number of aliphatic hydroxyl groups is 2. The number of aliphatic hydroxyl groups excluding tert-OH is 2. The Hall–Kier alpha value is -2.21. The molecule has 0 aliphatic rings. The maximum absolute atomic E-state index is 12.0. The molecule has 5 heteroatoms. The van der Waals surface area contributed by atoms with Gasteiger partial charge in [0.2, 0.25) is 0 Å². The average Bonchev–Trinajstić information content (AvgIpc) is 2.60. The fourth-order valence-corrected chi connectivity index (χ4v) is 3.29. The lowest BCUT2D eigenvalue weighted by Gasteiger charge is -2.30. The van der Waals surface area contributed by atoms with E-state index in [1.165, 1.54) is 6.07 Å². The van der Waals surface area contributed by atoms with Gasteiger partial charge in [0.05, 0.1) is 13.2 Å². The van der Waals surface area contributed by atoms with Crippen LogP contribution in [0.4, 0.5) is 0 Å². The molecule has 0 saturated carbocycles. The van der Waals surface area contributed by atoms with Crippen molar-refractivity contribution in [1.82, 2.24) is 4.90 Å². The first-order valence-electron chi connectivity index (χ1n) is 8.30. The predicted octanol–water partition coefficient (Wildman–Crippen LogP) is 2.37. The van der Waals surface area contributed by atoms with Gasteiger partial charge in [-0.3, -0.25) is 0 Å². The van der Waals surface area contributed by atoms with E-state index in [9.17, 15) is 15.0 Å². The third kappa shape index (κ3) is 3.58. The zero-order valence-corrected chi connectivity index (χ0v) is 14.5. The highest BCUT2D eigenvalue weighted by atomic mass is 16.4. The number of hydrogen-bond acceptors (Lipinski definition) is 5. The van der Waals surface area contributed by atoms with Crippen LogP contribution in [-0.2, 0) is 6.54 Å². The topological polar surface area (TPSA) is 73.9 Å². The van der Waals surface area contributed by atoms with Crippen molar-refractivity contribution in [2.24, 2.45) is 5.41 Å². The van der Waals surface area contributed by atoms with Crippen LogP contribution in [0.2, 0.25) is 0 Å². The summed E-state index contributed by atoms with van der Waals surface area (Å²) in [4.78, 5) is 14.0. The number of fused-ring (bicyclic) bond motifs is 3. The summed E-state index contributed by atoms with van der Waals surface area (Å²) in [6.45, 7) is 2.65. The van der Waals surface area contributed by atoms with E-state index in [0.717, 1.165) is 21.7 Å². The molecular formula is C20H23NO4. The molecule has 3 rings (SSSR count). The minimum absolute atomic E-state index is 0.103. The third-order valence-corrected chi connectivity index (χ3v) is 4.57. The number of rotatable bonds is 6. The number of nitrogens with zero attached hydrogens (tertiary/aromatic N) is 1. The monoisotopic (exact) mass is 341 g/mol. The Labute approximate surface area is 146 Å². The second kappa shape index (κ2) is 6.96. The molecule has 0 radical (unpaired) electrons. The van der Waals surface area contributed by atoms with E-state index in [4.69, 9.17) is 4.42 Å². The summed E-state index contributed by atoms with van der Waals surface area (Å²) < 4.78 is 5.38. The molecule has 0 unspecified atom stereocenters. The first-order chi connectivity index (χ1) is 12.0.